The number of piperidine rings is 1. The van der Waals surface area contributed by atoms with E-state index in [-0.39, 0.29) is 5.28 Å². The summed E-state index contributed by atoms with van der Waals surface area (Å²) in [7, 11) is 1.60. The number of hydrogen-bond acceptors (Lipinski definition) is 7. The predicted octanol–water partition coefficient (Wildman–Crippen LogP) is 4.78. The third-order valence-corrected chi connectivity index (χ3v) is 5.91. The van der Waals surface area contributed by atoms with E-state index in [1.807, 2.05) is 13.8 Å². The van der Waals surface area contributed by atoms with E-state index in [0.717, 1.165) is 48.4 Å². The van der Waals surface area contributed by atoms with Crippen molar-refractivity contribution in [3.63, 3.8) is 0 Å². The van der Waals surface area contributed by atoms with Crippen LogP contribution < -0.4 is 19.5 Å². The molecule has 1 aliphatic heterocycles. The Morgan fingerprint density at radius 3 is 2.33 bits per heavy atom. The summed E-state index contributed by atoms with van der Waals surface area (Å²) < 4.78 is 17.8. The molecule has 0 saturated carbocycles. The molecule has 3 rings (SSSR count). The van der Waals surface area contributed by atoms with Crippen molar-refractivity contribution in [3.8, 4) is 17.2 Å². The Morgan fingerprint density at radius 2 is 1.77 bits per heavy atom. The van der Waals surface area contributed by atoms with E-state index >= 15 is 0 Å². The third kappa shape index (κ3) is 5.89. The Morgan fingerprint density at radius 1 is 1.13 bits per heavy atom. The summed E-state index contributed by atoms with van der Waals surface area (Å²) in [6.07, 6.45) is 3.59. The second kappa shape index (κ2) is 11.0. The van der Waals surface area contributed by atoms with Gasteiger partial charge < -0.3 is 19.5 Å². The SMILES string of the molecule is CCOc1cc(CN2CCC(Nc3nc(Cl)ncc3OC)CC2)cc(OCC)c1Br. The van der Waals surface area contributed by atoms with E-state index in [1.165, 1.54) is 5.56 Å². The first-order chi connectivity index (χ1) is 14.5. The predicted molar refractivity (Wildman–Crippen MR) is 122 cm³/mol. The van der Waals surface area contributed by atoms with Crippen molar-refractivity contribution < 1.29 is 14.2 Å². The van der Waals surface area contributed by atoms with Crippen molar-refractivity contribution >= 4 is 33.3 Å². The largest absolute Gasteiger partial charge is 0.493 e. The van der Waals surface area contributed by atoms with Crippen LogP contribution in [-0.4, -0.2) is 54.3 Å². The van der Waals surface area contributed by atoms with Crippen LogP contribution in [0.5, 0.6) is 17.2 Å². The van der Waals surface area contributed by atoms with Crippen molar-refractivity contribution in [2.45, 2.75) is 39.3 Å². The monoisotopic (exact) mass is 498 g/mol. The number of rotatable bonds is 9. The van der Waals surface area contributed by atoms with Gasteiger partial charge in [0.1, 0.15) is 16.0 Å². The van der Waals surface area contributed by atoms with E-state index < -0.39 is 0 Å². The van der Waals surface area contributed by atoms with E-state index in [0.29, 0.717) is 30.8 Å². The van der Waals surface area contributed by atoms with Gasteiger partial charge in [0.25, 0.3) is 0 Å². The second-order valence-corrected chi connectivity index (χ2v) is 8.15. The lowest BCUT2D eigenvalue weighted by atomic mass is 10.0. The fourth-order valence-corrected chi connectivity index (χ4v) is 4.12. The van der Waals surface area contributed by atoms with Crippen LogP contribution in [0.3, 0.4) is 0 Å². The molecular weight excluding hydrogens is 472 g/mol. The molecule has 0 bridgehead atoms. The number of benzene rings is 1. The van der Waals surface area contributed by atoms with Crippen LogP contribution in [0, 0.1) is 0 Å². The second-order valence-electron chi connectivity index (χ2n) is 7.02. The highest BCUT2D eigenvalue weighted by Crippen LogP contribution is 2.36. The Kier molecular flexibility index (Phi) is 8.41. The van der Waals surface area contributed by atoms with Crippen molar-refractivity contribution in [1.82, 2.24) is 14.9 Å². The zero-order valence-electron chi connectivity index (χ0n) is 17.6. The maximum Gasteiger partial charge on any atom is 0.224 e. The van der Waals surface area contributed by atoms with E-state index in [4.69, 9.17) is 25.8 Å². The zero-order valence-corrected chi connectivity index (χ0v) is 19.9. The summed E-state index contributed by atoms with van der Waals surface area (Å²) >= 11 is 9.53. The van der Waals surface area contributed by atoms with Gasteiger partial charge in [-0.2, -0.15) is 4.98 Å². The number of nitrogens with one attached hydrogen (secondary N) is 1. The molecule has 1 aliphatic rings. The number of hydrogen-bond donors (Lipinski definition) is 1. The first-order valence-corrected chi connectivity index (χ1v) is 11.3. The Labute approximate surface area is 191 Å². The van der Waals surface area contributed by atoms with Gasteiger partial charge in [-0.1, -0.05) is 0 Å². The van der Waals surface area contributed by atoms with Crippen LogP contribution in [0.25, 0.3) is 0 Å². The first-order valence-electron chi connectivity index (χ1n) is 10.2. The fourth-order valence-electron chi connectivity index (χ4n) is 3.53. The van der Waals surface area contributed by atoms with Gasteiger partial charge in [0.2, 0.25) is 5.28 Å². The van der Waals surface area contributed by atoms with Crippen LogP contribution in [0.4, 0.5) is 5.82 Å². The normalized spacial score (nSPS) is 15.1. The number of halogens is 2. The first kappa shape index (κ1) is 22.9. The molecule has 30 heavy (non-hydrogen) atoms. The van der Waals surface area contributed by atoms with Crippen LogP contribution in [0.1, 0.15) is 32.3 Å². The Balaban J connectivity index is 1.61. The van der Waals surface area contributed by atoms with Gasteiger partial charge in [0.05, 0.1) is 26.5 Å². The average Bonchev–Trinajstić information content (AvgIpc) is 2.73. The molecule has 2 heterocycles. The smallest absolute Gasteiger partial charge is 0.224 e. The summed E-state index contributed by atoms with van der Waals surface area (Å²) in [6.45, 7) is 7.99. The molecule has 0 atom stereocenters. The summed E-state index contributed by atoms with van der Waals surface area (Å²) in [5.74, 6) is 2.89. The molecule has 1 aromatic carbocycles. The quantitative estimate of drug-likeness (QED) is 0.498. The van der Waals surface area contributed by atoms with Crippen LogP contribution in [-0.2, 0) is 6.54 Å². The highest BCUT2D eigenvalue weighted by Gasteiger charge is 2.22. The molecule has 0 spiro atoms. The molecule has 1 saturated heterocycles. The maximum atomic E-state index is 5.94. The van der Waals surface area contributed by atoms with Gasteiger partial charge in [0.15, 0.2) is 11.6 Å². The molecule has 1 aromatic heterocycles. The molecule has 1 fully saturated rings. The highest BCUT2D eigenvalue weighted by molar-refractivity contribution is 9.10. The number of anilines is 1. The number of nitrogens with zero attached hydrogens (tertiary/aromatic N) is 3. The van der Waals surface area contributed by atoms with Gasteiger partial charge in [-0.15, -0.1) is 0 Å². The Hall–Kier alpha value is -1.77. The van der Waals surface area contributed by atoms with E-state index in [1.54, 1.807) is 13.3 Å². The van der Waals surface area contributed by atoms with Crippen molar-refractivity contribution in [2.75, 3.05) is 38.7 Å². The van der Waals surface area contributed by atoms with Gasteiger partial charge in [0, 0.05) is 25.7 Å². The standard InChI is InChI=1S/C21H28BrClN4O3/c1-4-29-16-10-14(11-17(19(16)22)30-5-2)13-27-8-6-15(7-9-27)25-20-18(28-3)12-24-21(23)26-20/h10-12,15H,4-9,13H2,1-3H3,(H,24,25,26). The van der Waals surface area contributed by atoms with E-state index in [2.05, 4.69) is 48.2 Å². The molecule has 7 nitrogen and oxygen atoms in total. The average molecular weight is 500 g/mol. The minimum atomic E-state index is 0.209. The lowest BCUT2D eigenvalue weighted by Crippen LogP contribution is -2.38. The van der Waals surface area contributed by atoms with Crippen LogP contribution >= 0.6 is 27.5 Å². The summed E-state index contributed by atoms with van der Waals surface area (Å²) in [6, 6.07) is 4.49. The maximum absolute atomic E-state index is 5.94. The van der Waals surface area contributed by atoms with E-state index in [9.17, 15) is 0 Å². The molecule has 1 N–H and O–H groups in total. The van der Waals surface area contributed by atoms with Crippen molar-refractivity contribution in [1.29, 1.82) is 0 Å². The molecule has 2 aromatic rings. The molecule has 0 radical (unpaired) electrons. The fraction of sp³-hybridized carbons (Fsp3) is 0.524. The third-order valence-electron chi connectivity index (χ3n) is 4.95. The molecule has 0 amide bonds. The number of aromatic nitrogens is 2. The molecule has 9 heteroatoms. The molecule has 164 valence electrons. The van der Waals surface area contributed by atoms with Crippen LogP contribution in [0.15, 0.2) is 22.8 Å². The lowest BCUT2D eigenvalue weighted by Gasteiger charge is -2.33. The highest BCUT2D eigenvalue weighted by atomic mass is 79.9. The Bertz CT molecular complexity index is 820. The van der Waals surface area contributed by atoms with Crippen molar-refractivity contribution in [3.05, 3.63) is 33.6 Å². The molecular formula is C21H28BrClN4O3. The minimum Gasteiger partial charge on any atom is -0.493 e. The van der Waals surface area contributed by atoms with Gasteiger partial charge >= 0.3 is 0 Å². The molecule has 0 unspecified atom stereocenters. The zero-order chi connectivity index (χ0) is 21.5. The van der Waals surface area contributed by atoms with Gasteiger partial charge in [-0.05, 0) is 71.9 Å². The number of ether oxygens (including phenoxy) is 3. The van der Waals surface area contributed by atoms with Crippen LogP contribution in [0.2, 0.25) is 5.28 Å². The number of methoxy groups -OCH3 is 1. The topological polar surface area (TPSA) is 68.7 Å². The van der Waals surface area contributed by atoms with Gasteiger partial charge in [-0.3, -0.25) is 4.90 Å². The lowest BCUT2D eigenvalue weighted by molar-refractivity contribution is 0.210. The van der Waals surface area contributed by atoms with Crippen molar-refractivity contribution in [2.24, 2.45) is 0 Å². The summed E-state index contributed by atoms with van der Waals surface area (Å²) in [5, 5.41) is 3.66. The van der Waals surface area contributed by atoms with Gasteiger partial charge in [-0.25, -0.2) is 4.98 Å². The molecule has 0 aliphatic carbocycles. The number of likely N-dealkylation sites (tertiary alicyclic amines) is 1. The summed E-state index contributed by atoms with van der Waals surface area (Å²) in [5.41, 5.74) is 1.18. The summed E-state index contributed by atoms with van der Waals surface area (Å²) in [4.78, 5) is 10.7. The minimum absolute atomic E-state index is 0.209.